The normalized spacial score (nSPS) is 17.1. The fourth-order valence-electron chi connectivity index (χ4n) is 3.01. The predicted molar refractivity (Wildman–Crippen MR) is 93.1 cm³/mol. The molecule has 1 atom stereocenters. The molecule has 0 unspecified atom stereocenters. The molecule has 10 nitrogen and oxygen atoms in total. The van der Waals surface area contributed by atoms with Gasteiger partial charge in [-0.15, -0.1) is 0 Å². The molecule has 3 aromatic heterocycles. The quantitative estimate of drug-likeness (QED) is 0.691. The molecular weight excluding hydrogens is 350 g/mol. The van der Waals surface area contributed by atoms with Crippen LogP contribution in [0.1, 0.15) is 66.6 Å². The number of carbonyl (C=O) groups excluding carboxylic acids is 1. The van der Waals surface area contributed by atoms with Crippen LogP contribution in [0.4, 0.5) is 0 Å². The van der Waals surface area contributed by atoms with Crippen LogP contribution < -0.4 is 5.32 Å². The summed E-state index contributed by atoms with van der Waals surface area (Å²) >= 11 is 0. The number of hydrogen-bond donors (Lipinski definition) is 1. The number of nitrogens with one attached hydrogen (secondary N) is 1. The van der Waals surface area contributed by atoms with Crippen molar-refractivity contribution in [2.75, 3.05) is 13.2 Å². The highest BCUT2D eigenvalue weighted by molar-refractivity contribution is 5.92. The lowest BCUT2D eigenvalue weighted by Crippen LogP contribution is -2.27. The van der Waals surface area contributed by atoms with Crippen LogP contribution in [0.3, 0.4) is 0 Å². The number of amides is 1. The topological polar surface area (TPSA) is 120 Å². The van der Waals surface area contributed by atoms with Gasteiger partial charge < -0.3 is 14.6 Å². The largest absolute Gasteiger partial charge is 0.368 e. The Morgan fingerprint density at radius 2 is 2.30 bits per heavy atom. The third-order valence-corrected chi connectivity index (χ3v) is 4.43. The van der Waals surface area contributed by atoms with Gasteiger partial charge in [0, 0.05) is 19.6 Å². The summed E-state index contributed by atoms with van der Waals surface area (Å²) in [6.07, 6.45) is 3.69. The summed E-state index contributed by atoms with van der Waals surface area (Å²) in [6.45, 7) is 5.15. The van der Waals surface area contributed by atoms with Crippen molar-refractivity contribution in [3.63, 3.8) is 0 Å². The average molecular weight is 371 g/mol. The summed E-state index contributed by atoms with van der Waals surface area (Å²) < 4.78 is 12.4. The minimum atomic E-state index is -0.273. The van der Waals surface area contributed by atoms with Crippen molar-refractivity contribution in [3.05, 3.63) is 35.5 Å². The Bertz CT molecular complexity index is 943. The molecule has 1 fully saturated rings. The van der Waals surface area contributed by atoms with E-state index in [2.05, 4.69) is 30.5 Å². The van der Waals surface area contributed by atoms with E-state index in [9.17, 15) is 4.79 Å². The Morgan fingerprint density at radius 3 is 3.07 bits per heavy atom. The fourth-order valence-corrected chi connectivity index (χ4v) is 3.01. The molecule has 0 bridgehead atoms. The molecule has 1 saturated heterocycles. The molecule has 1 aliphatic heterocycles. The van der Waals surface area contributed by atoms with E-state index >= 15 is 0 Å². The zero-order valence-corrected chi connectivity index (χ0v) is 15.3. The molecule has 0 aromatic carbocycles. The fraction of sp³-hybridized carbons (Fsp3) is 0.529. The molecule has 1 aliphatic rings. The van der Waals surface area contributed by atoms with Gasteiger partial charge >= 0.3 is 0 Å². The van der Waals surface area contributed by atoms with Gasteiger partial charge in [-0.2, -0.15) is 15.1 Å². The molecule has 0 radical (unpaired) electrons. The first-order valence-corrected chi connectivity index (χ1v) is 9.05. The van der Waals surface area contributed by atoms with E-state index in [0.29, 0.717) is 36.2 Å². The molecular formula is C17H21N7O3. The monoisotopic (exact) mass is 371 g/mol. The Kier molecular flexibility index (Phi) is 4.80. The van der Waals surface area contributed by atoms with E-state index in [0.717, 1.165) is 25.1 Å². The summed E-state index contributed by atoms with van der Waals surface area (Å²) in [5.74, 6) is 1.37. The van der Waals surface area contributed by atoms with E-state index < -0.39 is 0 Å². The highest BCUT2D eigenvalue weighted by atomic mass is 16.5. The maximum Gasteiger partial charge on any atom is 0.270 e. The van der Waals surface area contributed by atoms with Crippen LogP contribution >= 0.6 is 0 Å². The lowest BCUT2D eigenvalue weighted by Gasteiger charge is -2.10. The standard InChI is InChI=1S/C17H21N7O3/c1-10(2)12-8-11(21-17-19-9-20-24(12)17)15(25)18-6-5-14-22-16(27-23-14)13-4-3-7-26-13/h8-10,13H,3-7H2,1-2H3,(H,18,25)/t13-/m1/s1. The maximum absolute atomic E-state index is 12.5. The van der Waals surface area contributed by atoms with Crippen LogP contribution in [0, 0.1) is 0 Å². The van der Waals surface area contributed by atoms with Crippen LogP contribution in [0.25, 0.3) is 5.78 Å². The molecule has 0 saturated carbocycles. The number of fused-ring (bicyclic) bond motifs is 1. The second-order valence-corrected chi connectivity index (χ2v) is 6.75. The second-order valence-electron chi connectivity index (χ2n) is 6.75. The van der Waals surface area contributed by atoms with Gasteiger partial charge in [0.2, 0.25) is 0 Å². The summed E-state index contributed by atoms with van der Waals surface area (Å²) in [5.41, 5.74) is 1.19. The smallest absolute Gasteiger partial charge is 0.270 e. The van der Waals surface area contributed by atoms with Crippen LogP contribution in [-0.2, 0) is 11.2 Å². The molecule has 4 rings (SSSR count). The van der Waals surface area contributed by atoms with E-state index in [-0.39, 0.29) is 17.9 Å². The number of carbonyl (C=O) groups is 1. The Hall–Kier alpha value is -2.88. The van der Waals surface area contributed by atoms with E-state index in [1.54, 1.807) is 10.6 Å². The maximum atomic E-state index is 12.5. The Balaban J connectivity index is 1.39. The van der Waals surface area contributed by atoms with Gasteiger partial charge in [-0.1, -0.05) is 19.0 Å². The average Bonchev–Trinajstić information content (AvgIpc) is 3.40. The molecule has 0 aliphatic carbocycles. The van der Waals surface area contributed by atoms with Crippen molar-refractivity contribution >= 4 is 11.7 Å². The van der Waals surface area contributed by atoms with Gasteiger partial charge in [-0.25, -0.2) is 9.50 Å². The summed E-state index contributed by atoms with van der Waals surface area (Å²) in [6, 6.07) is 1.74. The Morgan fingerprint density at radius 1 is 1.41 bits per heavy atom. The van der Waals surface area contributed by atoms with Gasteiger partial charge in [-0.3, -0.25) is 4.79 Å². The van der Waals surface area contributed by atoms with Gasteiger partial charge in [-0.05, 0) is 24.8 Å². The van der Waals surface area contributed by atoms with Crippen LogP contribution in [0.5, 0.6) is 0 Å². The van der Waals surface area contributed by atoms with E-state index in [1.165, 1.54) is 6.33 Å². The zero-order valence-electron chi connectivity index (χ0n) is 15.3. The number of aromatic nitrogens is 6. The molecule has 142 valence electrons. The SMILES string of the molecule is CC(C)c1cc(C(=O)NCCc2noc([C@H]3CCCO3)n2)nc2ncnn12. The van der Waals surface area contributed by atoms with Gasteiger partial charge in [0.25, 0.3) is 17.6 Å². The highest BCUT2D eigenvalue weighted by Gasteiger charge is 2.23. The minimum Gasteiger partial charge on any atom is -0.368 e. The molecule has 1 N–H and O–H groups in total. The van der Waals surface area contributed by atoms with Gasteiger partial charge in [0.05, 0.1) is 5.69 Å². The van der Waals surface area contributed by atoms with Crippen molar-refractivity contribution in [1.82, 2.24) is 35.0 Å². The number of nitrogens with zero attached hydrogens (tertiary/aromatic N) is 6. The second kappa shape index (κ2) is 7.39. The van der Waals surface area contributed by atoms with Crippen LogP contribution in [0.2, 0.25) is 0 Å². The van der Waals surface area contributed by atoms with Crippen molar-refractivity contribution in [3.8, 4) is 0 Å². The third kappa shape index (κ3) is 3.65. The van der Waals surface area contributed by atoms with E-state index in [1.807, 2.05) is 13.8 Å². The van der Waals surface area contributed by atoms with Gasteiger partial charge in [0.1, 0.15) is 18.1 Å². The highest BCUT2D eigenvalue weighted by Crippen LogP contribution is 2.26. The molecule has 3 aromatic rings. The van der Waals surface area contributed by atoms with Crippen molar-refractivity contribution in [1.29, 1.82) is 0 Å². The van der Waals surface area contributed by atoms with Crippen molar-refractivity contribution in [2.24, 2.45) is 0 Å². The number of rotatable bonds is 6. The molecule has 4 heterocycles. The van der Waals surface area contributed by atoms with Crippen molar-refractivity contribution < 1.29 is 14.1 Å². The first-order chi connectivity index (χ1) is 13.1. The third-order valence-electron chi connectivity index (χ3n) is 4.43. The van der Waals surface area contributed by atoms with Crippen LogP contribution in [-0.4, -0.2) is 48.8 Å². The lowest BCUT2D eigenvalue weighted by molar-refractivity contribution is 0.0835. The first kappa shape index (κ1) is 17.5. The van der Waals surface area contributed by atoms with Gasteiger partial charge in [0.15, 0.2) is 5.82 Å². The predicted octanol–water partition coefficient (Wildman–Crippen LogP) is 1.45. The molecule has 1 amide bonds. The summed E-state index contributed by atoms with van der Waals surface area (Å²) in [7, 11) is 0. The first-order valence-electron chi connectivity index (χ1n) is 9.05. The number of hydrogen-bond acceptors (Lipinski definition) is 8. The number of ether oxygens (including phenoxy) is 1. The van der Waals surface area contributed by atoms with E-state index in [4.69, 9.17) is 9.26 Å². The van der Waals surface area contributed by atoms with Crippen molar-refractivity contribution in [2.45, 2.75) is 45.1 Å². The van der Waals surface area contributed by atoms with Crippen LogP contribution in [0.15, 0.2) is 16.9 Å². The lowest BCUT2D eigenvalue weighted by atomic mass is 10.1. The summed E-state index contributed by atoms with van der Waals surface area (Å²) in [5, 5.41) is 10.9. The Labute approximate surface area is 155 Å². The zero-order chi connectivity index (χ0) is 18.8. The summed E-state index contributed by atoms with van der Waals surface area (Å²) in [4.78, 5) is 25.2. The molecule has 0 spiro atoms. The minimum absolute atomic E-state index is 0.102. The molecule has 27 heavy (non-hydrogen) atoms. The molecule has 10 heteroatoms.